The molecule has 1 atom stereocenters. The van der Waals surface area contributed by atoms with Crippen LogP contribution in [0.1, 0.15) is 22.0 Å². The van der Waals surface area contributed by atoms with E-state index in [2.05, 4.69) is 29.1 Å². The summed E-state index contributed by atoms with van der Waals surface area (Å²) in [7, 11) is 2.08. The summed E-state index contributed by atoms with van der Waals surface area (Å²) in [5, 5.41) is 0. The fourth-order valence-corrected chi connectivity index (χ4v) is 3.60. The number of likely N-dealkylation sites (N-methyl/N-ethyl adjacent to an activating group) is 1. The first-order valence-corrected chi connectivity index (χ1v) is 9.38. The van der Waals surface area contributed by atoms with Gasteiger partial charge in [0.2, 0.25) is 0 Å². The van der Waals surface area contributed by atoms with Crippen molar-refractivity contribution in [2.75, 3.05) is 26.7 Å². The summed E-state index contributed by atoms with van der Waals surface area (Å²) >= 11 is 0. The van der Waals surface area contributed by atoms with Gasteiger partial charge in [0, 0.05) is 31.4 Å². The van der Waals surface area contributed by atoms with E-state index in [1.165, 1.54) is 12.1 Å². The van der Waals surface area contributed by atoms with Crippen LogP contribution >= 0.6 is 0 Å². The summed E-state index contributed by atoms with van der Waals surface area (Å²) in [4.78, 5) is 21.8. The SMILES string of the molecule is CN1CCN(C(=O)c2ccc(-c3ccc(F)cc3)nc2)C(c2ccccc2)C1. The zero-order valence-electron chi connectivity index (χ0n) is 15.8. The molecule has 0 bridgehead atoms. The van der Waals surface area contributed by atoms with Gasteiger partial charge in [-0.05, 0) is 49.0 Å². The Morgan fingerprint density at radius 1 is 1.00 bits per heavy atom. The van der Waals surface area contributed by atoms with Crippen LogP contribution in [0.3, 0.4) is 0 Å². The molecule has 142 valence electrons. The summed E-state index contributed by atoms with van der Waals surface area (Å²) in [5.41, 5.74) is 3.24. The molecule has 1 fully saturated rings. The highest BCUT2D eigenvalue weighted by Crippen LogP contribution is 2.27. The molecule has 2 heterocycles. The number of pyridine rings is 1. The monoisotopic (exact) mass is 375 g/mol. The van der Waals surface area contributed by atoms with E-state index in [0.717, 1.165) is 29.9 Å². The number of amides is 1. The average molecular weight is 375 g/mol. The third-order valence-electron chi connectivity index (χ3n) is 5.18. The lowest BCUT2D eigenvalue weighted by Gasteiger charge is -2.40. The van der Waals surface area contributed by atoms with Crippen LogP contribution in [0.15, 0.2) is 72.9 Å². The van der Waals surface area contributed by atoms with Crippen molar-refractivity contribution in [2.24, 2.45) is 0 Å². The summed E-state index contributed by atoms with van der Waals surface area (Å²) in [5.74, 6) is -0.294. The number of benzene rings is 2. The molecule has 28 heavy (non-hydrogen) atoms. The molecule has 1 unspecified atom stereocenters. The molecule has 0 N–H and O–H groups in total. The Balaban J connectivity index is 1.58. The molecule has 5 heteroatoms. The molecular formula is C23H22FN3O. The van der Waals surface area contributed by atoms with Gasteiger partial charge in [0.15, 0.2) is 0 Å². The van der Waals surface area contributed by atoms with E-state index in [0.29, 0.717) is 12.1 Å². The van der Waals surface area contributed by atoms with E-state index in [-0.39, 0.29) is 17.8 Å². The highest BCUT2D eigenvalue weighted by molar-refractivity contribution is 5.94. The van der Waals surface area contributed by atoms with E-state index in [1.54, 1.807) is 24.4 Å². The zero-order chi connectivity index (χ0) is 19.5. The first kappa shape index (κ1) is 18.3. The summed E-state index contributed by atoms with van der Waals surface area (Å²) in [6.07, 6.45) is 1.61. The molecule has 1 aromatic heterocycles. The van der Waals surface area contributed by atoms with Crippen molar-refractivity contribution < 1.29 is 9.18 Å². The van der Waals surface area contributed by atoms with Gasteiger partial charge in [-0.1, -0.05) is 30.3 Å². The van der Waals surface area contributed by atoms with Crippen molar-refractivity contribution in [1.29, 1.82) is 0 Å². The molecule has 1 aliphatic heterocycles. The number of hydrogen-bond acceptors (Lipinski definition) is 3. The average Bonchev–Trinajstić information content (AvgIpc) is 2.74. The zero-order valence-corrected chi connectivity index (χ0v) is 15.8. The predicted octanol–water partition coefficient (Wildman–Crippen LogP) is 4.02. The van der Waals surface area contributed by atoms with Crippen LogP contribution in [-0.4, -0.2) is 47.4 Å². The van der Waals surface area contributed by atoms with Gasteiger partial charge in [-0.3, -0.25) is 9.78 Å². The van der Waals surface area contributed by atoms with Gasteiger partial charge in [-0.25, -0.2) is 4.39 Å². The molecule has 0 aliphatic carbocycles. The molecule has 3 aromatic rings. The van der Waals surface area contributed by atoms with E-state index in [9.17, 15) is 9.18 Å². The second-order valence-electron chi connectivity index (χ2n) is 7.13. The largest absolute Gasteiger partial charge is 0.329 e. The number of halogens is 1. The van der Waals surface area contributed by atoms with Crippen LogP contribution in [0.25, 0.3) is 11.3 Å². The Morgan fingerprint density at radius 2 is 1.75 bits per heavy atom. The molecule has 0 radical (unpaired) electrons. The van der Waals surface area contributed by atoms with Crippen LogP contribution in [0, 0.1) is 5.82 Å². The number of hydrogen-bond donors (Lipinski definition) is 0. The summed E-state index contributed by atoms with van der Waals surface area (Å²) in [6.45, 7) is 2.32. The third-order valence-corrected chi connectivity index (χ3v) is 5.18. The Bertz CT molecular complexity index is 942. The van der Waals surface area contributed by atoms with Crippen molar-refractivity contribution in [2.45, 2.75) is 6.04 Å². The fraction of sp³-hybridized carbons (Fsp3) is 0.217. The highest BCUT2D eigenvalue weighted by atomic mass is 19.1. The number of aromatic nitrogens is 1. The van der Waals surface area contributed by atoms with Gasteiger partial charge < -0.3 is 9.80 Å². The molecular weight excluding hydrogens is 353 g/mol. The molecule has 1 saturated heterocycles. The predicted molar refractivity (Wildman–Crippen MR) is 107 cm³/mol. The number of nitrogens with zero attached hydrogens (tertiary/aromatic N) is 3. The van der Waals surface area contributed by atoms with Crippen LogP contribution in [0.2, 0.25) is 0 Å². The lowest BCUT2D eigenvalue weighted by atomic mass is 10.0. The molecule has 4 nitrogen and oxygen atoms in total. The Kier molecular flexibility index (Phi) is 5.17. The summed E-state index contributed by atoms with van der Waals surface area (Å²) in [6, 6.07) is 20.0. The molecule has 2 aromatic carbocycles. The van der Waals surface area contributed by atoms with Gasteiger partial charge in [0.25, 0.3) is 5.91 Å². The normalized spacial score (nSPS) is 17.5. The van der Waals surface area contributed by atoms with Crippen molar-refractivity contribution in [3.63, 3.8) is 0 Å². The topological polar surface area (TPSA) is 36.4 Å². The van der Waals surface area contributed by atoms with Crippen LogP contribution in [0.4, 0.5) is 4.39 Å². The molecule has 1 aliphatic rings. The highest BCUT2D eigenvalue weighted by Gasteiger charge is 2.30. The number of piperazine rings is 1. The maximum atomic E-state index is 13.2. The molecule has 4 rings (SSSR count). The smallest absolute Gasteiger partial charge is 0.256 e. The lowest BCUT2D eigenvalue weighted by molar-refractivity contribution is 0.0497. The summed E-state index contributed by atoms with van der Waals surface area (Å²) < 4.78 is 13.1. The first-order valence-electron chi connectivity index (χ1n) is 9.38. The standard InChI is InChI=1S/C23H22FN3O/c1-26-13-14-27(22(16-26)18-5-3-2-4-6-18)23(28)19-9-12-21(25-15-19)17-7-10-20(24)11-8-17/h2-12,15,22H,13-14,16H2,1H3. The Hall–Kier alpha value is -3.05. The lowest BCUT2D eigenvalue weighted by Crippen LogP contribution is -2.49. The van der Waals surface area contributed by atoms with Crippen molar-refractivity contribution in [1.82, 2.24) is 14.8 Å². The maximum Gasteiger partial charge on any atom is 0.256 e. The minimum atomic E-state index is -0.280. The third kappa shape index (κ3) is 3.80. The van der Waals surface area contributed by atoms with E-state index < -0.39 is 0 Å². The maximum absolute atomic E-state index is 13.2. The van der Waals surface area contributed by atoms with Gasteiger partial charge in [-0.15, -0.1) is 0 Å². The molecule has 1 amide bonds. The number of carbonyl (C=O) groups excluding carboxylic acids is 1. The fourth-order valence-electron chi connectivity index (χ4n) is 3.60. The van der Waals surface area contributed by atoms with Crippen LogP contribution in [0.5, 0.6) is 0 Å². The Morgan fingerprint density at radius 3 is 2.43 bits per heavy atom. The van der Waals surface area contributed by atoms with E-state index in [1.807, 2.05) is 29.2 Å². The van der Waals surface area contributed by atoms with Crippen molar-refractivity contribution in [3.8, 4) is 11.3 Å². The van der Waals surface area contributed by atoms with E-state index >= 15 is 0 Å². The number of carbonyl (C=O) groups is 1. The minimum Gasteiger partial charge on any atom is -0.329 e. The minimum absolute atomic E-state index is 0.0138. The van der Waals surface area contributed by atoms with Gasteiger partial charge in [0.1, 0.15) is 5.82 Å². The van der Waals surface area contributed by atoms with Crippen LogP contribution in [-0.2, 0) is 0 Å². The van der Waals surface area contributed by atoms with E-state index in [4.69, 9.17) is 0 Å². The second kappa shape index (κ2) is 7.90. The second-order valence-corrected chi connectivity index (χ2v) is 7.13. The quantitative estimate of drug-likeness (QED) is 0.694. The number of rotatable bonds is 3. The van der Waals surface area contributed by atoms with Gasteiger partial charge in [0.05, 0.1) is 17.3 Å². The first-order chi connectivity index (χ1) is 13.6. The van der Waals surface area contributed by atoms with Gasteiger partial charge >= 0.3 is 0 Å². The Labute approximate surface area is 164 Å². The van der Waals surface area contributed by atoms with Gasteiger partial charge in [-0.2, -0.15) is 0 Å². The van der Waals surface area contributed by atoms with Crippen molar-refractivity contribution >= 4 is 5.91 Å². The molecule has 0 spiro atoms. The van der Waals surface area contributed by atoms with Crippen LogP contribution < -0.4 is 0 Å². The van der Waals surface area contributed by atoms with Crippen molar-refractivity contribution in [3.05, 3.63) is 89.9 Å². The molecule has 0 saturated carbocycles.